The van der Waals surface area contributed by atoms with Crippen LogP contribution in [0.4, 0.5) is 0 Å². The lowest BCUT2D eigenvalue weighted by molar-refractivity contribution is 0.180. The van der Waals surface area contributed by atoms with E-state index in [1.54, 1.807) is 13.8 Å². The number of hydrogen-bond donors (Lipinski definition) is 3. The van der Waals surface area contributed by atoms with E-state index >= 15 is 0 Å². The van der Waals surface area contributed by atoms with E-state index in [-0.39, 0.29) is 0 Å². The Kier molecular flexibility index (Phi) is 9.71. The van der Waals surface area contributed by atoms with Gasteiger partial charge in [0.15, 0.2) is 0 Å². The third kappa shape index (κ3) is 5.52. The van der Waals surface area contributed by atoms with Crippen LogP contribution in [0.1, 0.15) is 79.1 Å². The summed E-state index contributed by atoms with van der Waals surface area (Å²) < 4.78 is 12.1. The minimum atomic E-state index is -4.32. The summed E-state index contributed by atoms with van der Waals surface area (Å²) in [6.45, 7) is 7.67. The van der Waals surface area contributed by atoms with Crippen molar-refractivity contribution in [3.8, 4) is 0 Å². The molecule has 0 heterocycles. The van der Waals surface area contributed by atoms with Gasteiger partial charge in [0, 0.05) is 0 Å². The highest BCUT2D eigenvalue weighted by molar-refractivity contribution is 7.53. The van der Waals surface area contributed by atoms with E-state index in [1.165, 1.54) is 0 Å². The molecule has 0 spiro atoms. The maximum atomic E-state index is 12.1. The Morgan fingerprint density at radius 1 is 1.10 bits per heavy atom. The van der Waals surface area contributed by atoms with Gasteiger partial charge in [-0.15, -0.1) is 0 Å². The third-order valence-corrected chi connectivity index (χ3v) is 6.36. The van der Waals surface area contributed by atoms with Crippen molar-refractivity contribution in [1.82, 2.24) is 0 Å². The molecular formula is C16H33O4P. The van der Waals surface area contributed by atoms with Crippen molar-refractivity contribution in [3.05, 3.63) is 11.6 Å². The molecule has 0 bridgehead atoms. The zero-order chi connectivity index (χ0) is 16.5. The molecule has 5 heteroatoms. The second kappa shape index (κ2) is 9.78. The molecule has 21 heavy (non-hydrogen) atoms. The molecule has 0 saturated carbocycles. The topological polar surface area (TPSA) is 77.8 Å². The average molecular weight is 320 g/mol. The summed E-state index contributed by atoms with van der Waals surface area (Å²) >= 11 is 0. The number of aliphatic hydroxyl groups excluding tert-OH is 1. The Bertz CT molecular complexity index is 355. The largest absolute Gasteiger partial charge is 0.389 e. The van der Waals surface area contributed by atoms with Gasteiger partial charge in [0.1, 0.15) is 0 Å². The number of allylic oxidation sites excluding steroid dienone is 1. The van der Waals surface area contributed by atoms with Crippen LogP contribution in [-0.4, -0.2) is 26.2 Å². The number of rotatable bonds is 11. The normalized spacial score (nSPS) is 15.3. The van der Waals surface area contributed by atoms with E-state index in [4.69, 9.17) is 0 Å². The smallest absolute Gasteiger partial charge is 0.335 e. The van der Waals surface area contributed by atoms with E-state index in [2.05, 4.69) is 6.92 Å². The molecule has 0 aliphatic carbocycles. The molecule has 0 rings (SSSR count). The van der Waals surface area contributed by atoms with Crippen LogP contribution in [0.3, 0.4) is 0 Å². The molecule has 0 fully saturated rings. The van der Waals surface area contributed by atoms with Crippen LogP contribution >= 0.6 is 7.60 Å². The molecule has 126 valence electrons. The Hall–Kier alpha value is -0.150. The van der Waals surface area contributed by atoms with Gasteiger partial charge in [-0.3, -0.25) is 4.57 Å². The van der Waals surface area contributed by atoms with E-state index in [0.29, 0.717) is 24.8 Å². The molecule has 0 radical (unpaired) electrons. The third-order valence-electron chi connectivity index (χ3n) is 4.36. The molecule has 0 aromatic carbocycles. The van der Waals surface area contributed by atoms with Crippen molar-refractivity contribution in [2.45, 2.75) is 90.3 Å². The second-order valence-electron chi connectivity index (χ2n) is 5.74. The summed E-state index contributed by atoms with van der Waals surface area (Å²) in [5.41, 5.74) is 0.554. The number of unbranched alkanes of at least 4 members (excludes halogenated alkanes) is 3. The highest BCUT2D eigenvalue weighted by Gasteiger charge is 2.48. The van der Waals surface area contributed by atoms with Crippen molar-refractivity contribution in [2.75, 3.05) is 0 Å². The Balaban J connectivity index is 5.55. The number of hydrogen-bond acceptors (Lipinski definition) is 2. The summed E-state index contributed by atoms with van der Waals surface area (Å²) in [6.07, 6.45) is 7.10. The molecule has 0 aliphatic rings. The van der Waals surface area contributed by atoms with Crippen molar-refractivity contribution < 1.29 is 19.5 Å². The second-order valence-corrected chi connectivity index (χ2v) is 7.69. The van der Waals surface area contributed by atoms with Crippen molar-refractivity contribution in [2.24, 2.45) is 0 Å². The van der Waals surface area contributed by atoms with E-state index < -0.39 is 18.9 Å². The fourth-order valence-corrected chi connectivity index (χ4v) is 4.36. The minimum Gasteiger partial charge on any atom is -0.389 e. The Morgan fingerprint density at radius 2 is 1.67 bits per heavy atom. The highest BCUT2D eigenvalue weighted by atomic mass is 31.2. The van der Waals surface area contributed by atoms with E-state index in [0.717, 1.165) is 32.1 Å². The van der Waals surface area contributed by atoms with Gasteiger partial charge >= 0.3 is 7.60 Å². The van der Waals surface area contributed by atoms with Gasteiger partial charge in [-0.25, -0.2) is 0 Å². The average Bonchev–Trinajstić information content (AvgIpc) is 2.41. The van der Waals surface area contributed by atoms with Crippen LogP contribution in [-0.2, 0) is 4.57 Å². The first-order valence-electron chi connectivity index (χ1n) is 8.24. The first-order valence-corrected chi connectivity index (χ1v) is 9.86. The standard InChI is InChI=1S/C16H33O4P/c1-5-9-10-11-13-14(15(17)12-6-2)16(7-3,8-4)21(18,19)20/h13,15,17H,5-12H2,1-4H3,(H2,18,19,20). The first kappa shape index (κ1) is 20.9. The SMILES string of the molecule is CCCCCC=C(C(O)CCC)C(CC)(CC)P(=O)(O)O. The molecular weight excluding hydrogens is 287 g/mol. The molecule has 0 aromatic rings. The maximum Gasteiger partial charge on any atom is 0.335 e. The van der Waals surface area contributed by atoms with Gasteiger partial charge in [-0.2, -0.15) is 0 Å². The van der Waals surface area contributed by atoms with Crippen molar-refractivity contribution in [1.29, 1.82) is 0 Å². The van der Waals surface area contributed by atoms with Crippen LogP contribution < -0.4 is 0 Å². The van der Waals surface area contributed by atoms with Crippen LogP contribution in [0.25, 0.3) is 0 Å². The summed E-state index contributed by atoms with van der Waals surface area (Å²) in [7, 11) is -4.32. The predicted molar refractivity (Wildman–Crippen MR) is 88.5 cm³/mol. The maximum absolute atomic E-state index is 12.1. The van der Waals surface area contributed by atoms with Gasteiger partial charge in [0.25, 0.3) is 0 Å². The zero-order valence-corrected chi connectivity index (χ0v) is 14.9. The first-order chi connectivity index (χ1) is 9.80. The summed E-state index contributed by atoms with van der Waals surface area (Å²) in [5.74, 6) is 0. The van der Waals surface area contributed by atoms with Gasteiger partial charge in [-0.1, -0.05) is 53.0 Å². The van der Waals surface area contributed by atoms with Crippen LogP contribution in [0.2, 0.25) is 0 Å². The van der Waals surface area contributed by atoms with Crippen LogP contribution in [0, 0.1) is 0 Å². The number of aliphatic hydroxyl groups is 1. The molecule has 1 atom stereocenters. The molecule has 0 amide bonds. The molecule has 4 nitrogen and oxygen atoms in total. The van der Waals surface area contributed by atoms with Crippen LogP contribution in [0.5, 0.6) is 0 Å². The van der Waals surface area contributed by atoms with Gasteiger partial charge < -0.3 is 14.9 Å². The van der Waals surface area contributed by atoms with Crippen molar-refractivity contribution in [3.63, 3.8) is 0 Å². The van der Waals surface area contributed by atoms with Crippen LogP contribution in [0.15, 0.2) is 11.6 Å². The molecule has 0 aromatic heterocycles. The molecule has 3 N–H and O–H groups in total. The lowest BCUT2D eigenvalue weighted by Crippen LogP contribution is -2.36. The quantitative estimate of drug-likeness (QED) is 0.300. The Morgan fingerprint density at radius 3 is 2.05 bits per heavy atom. The predicted octanol–water partition coefficient (Wildman–Crippen LogP) is 4.39. The molecule has 1 unspecified atom stereocenters. The van der Waals surface area contributed by atoms with Gasteiger partial charge in [-0.05, 0) is 37.7 Å². The lowest BCUT2D eigenvalue weighted by atomic mass is 9.86. The fraction of sp³-hybridized carbons (Fsp3) is 0.875. The lowest BCUT2D eigenvalue weighted by Gasteiger charge is -2.37. The highest BCUT2D eigenvalue weighted by Crippen LogP contribution is 2.59. The summed E-state index contributed by atoms with van der Waals surface area (Å²) in [6, 6.07) is 0. The minimum absolute atomic E-state index is 0.341. The summed E-state index contributed by atoms with van der Waals surface area (Å²) in [4.78, 5) is 19.8. The van der Waals surface area contributed by atoms with E-state index in [1.807, 2.05) is 13.0 Å². The van der Waals surface area contributed by atoms with E-state index in [9.17, 15) is 19.5 Å². The summed E-state index contributed by atoms with van der Waals surface area (Å²) in [5, 5.41) is 9.20. The molecule has 0 aliphatic heterocycles. The zero-order valence-electron chi connectivity index (χ0n) is 14.0. The fourth-order valence-electron chi connectivity index (χ4n) is 2.96. The van der Waals surface area contributed by atoms with Gasteiger partial charge in [0.2, 0.25) is 0 Å². The Labute approximate surface area is 129 Å². The molecule has 0 saturated heterocycles. The van der Waals surface area contributed by atoms with Crippen molar-refractivity contribution >= 4 is 7.60 Å². The monoisotopic (exact) mass is 320 g/mol. The van der Waals surface area contributed by atoms with Gasteiger partial charge in [0.05, 0.1) is 11.3 Å².